The van der Waals surface area contributed by atoms with Crippen molar-refractivity contribution in [2.45, 2.75) is 51.4 Å². The first-order valence-corrected chi connectivity index (χ1v) is 10.8. The molecule has 3 N–H and O–H groups in total. The number of ether oxygens (including phenoxy) is 1. The molecular weight excluding hydrogens is 366 g/mol. The third-order valence-electron chi connectivity index (χ3n) is 6.76. The number of rotatable bonds is 6. The Balaban J connectivity index is 1.22. The molecule has 0 spiro atoms. The number of hydrogen-bond acceptors (Lipinski definition) is 6. The van der Waals surface area contributed by atoms with Crippen molar-refractivity contribution >= 4 is 28.5 Å². The molecule has 0 aliphatic heterocycles. The van der Waals surface area contributed by atoms with Crippen LogP contribution in [0, 0.1) is 29.6 Å². The predicted octanol–water partition coefficient (Wildman–Crippen LogP) is 3.59. The number of hydroxylamine groups is 1. The third kappa shape index (κ3) is 4.27. The lowest BCUT2D eigenvalue weighted by Gasteiger charge is -2.36. The van der Waals surface area contributed by atoms with Crippen molar-refractivity contribution in [3.63, 3.8) is 0 Å². The molecule has 4 rings (SSSR count). The zero-order chi connectivity index (χ0) is 18.8. The van der Waals surface area contributed by atoms with Gasteiger partial charge in [0.1, 0.15) is 0 Å². The third-order valence-corrected chi connectivity index (χ3v) is 7.56. The Kier molecular flexibility index (Phi) is 5.63. The molecule has 2 amide bonds. The minimum Gasteiger partial charge on any atom is -0.449 e. The molecule has 5 unspecified atom stereocenters. The molecule has 0 radical (unpaired) electrons. The molecule has 3 saturated carbocycles. The van der Waals surface area contributed by atoms with E-state index < -0.39 is 12.0 Å². The van der Waals surface area contributed by atoms with Gasteiger partial charge in [-0.2, -0.15) is 0 Å². The topological polar surface area (TPSA) is 101 Å². The van der Waals surface area contributed by atoms with Crippen LogP contribution in [0.1, 0.15) is 50.6 Å². The SMILES string of the molecule is O=C(Cc1csc(NC(=O)OCCC2C3CCCC4CC2CC4C3)n1)NO. The largest absolute Gasteiger partial charge is 0.449 e. The van der Waals surface area contributed by atoms with E-state index in [4.69, 9.17) is 9.94 Å². The highest BCUT2D eigenvalue weighted by Gasteiger charge is 2.47. The summed E-state index contributed by atoms with van der Waals surface area (Å²) in [5.41, 5.74) is 2.05. The Labute approximate surface area is 162 Å². The first kappa shape index (κ1) is 18.7. The van der Waals surface area contributed by atoms with E-state index in [1.54, 1.807) is 10.9 Å². The lowest BCUT2D eigenvalue weighted by Crippen LogP contribution is -2.29. The van der Waals surface area contributed by atoms with Crippen LogP contribution < -0.4 is 10.8 Å². The summed E-state index contributed by atoms with van der Waals surface area (Å²) < 4.78 is 5.40. The highest BCUT2D eigenvalue weighted by atomic mass is 32.1. The Morgan fingerprint density at radius 3 is 2.81 bits per heavy atom. The van der Waals surface area contributed by atoms with Gasteiger partial charge in [0.05, 0.1) is 18.7 Å². The smallest absolute Gasteiger partial charge is 0.413 e. The normalized spacial score (nSPS) is 31.4. The molecule has 0 aromatic carbocycles. The zero-order valence-corrected chi connectivity index (χ0v) is 16.2. The number of carbonyl (C=O) groups is 2. The second kappa shape index (κ2) is 8.14. The van der Waals surface area contributed by atoms with E-state index in [9.17, 15) is 9.59 Å². The summed E-state index contributed by atoms with van der Waals surface area (Å²) in [4.78, 5) is 27.3. The molecule has 1 aromatic heterocycles. The maximum Gasteiger partial charge on any atom is 0.413 e. The van der Waals surface area contributed by atoms with Crippen LogP contribution in [0.15, 0.2) is 5.38 Å². The van der Waals surface area contributed by atoms with E-state index in [0.29, 0.717) is 23.4 Å². The van der Waals surface area contributed by atoms with E-state index in [2.05, 4.69) is 10.3 Å². The molecule has 3 aliphatic rings. The average molecular weight is 394 g/mol. The Morgan fingerprint density at radius 1 is 1.19 bits per heavy atom. The average Bonchev–Trinajstić information content (AvgIpc) is 3.17. The van der Waals surface area contributed by atoms with E-state index in [-0.39, 0.29) is 6.42 Å². The number of amides is 2. The van der Waals surface area contributed by atoms with Gasteiger partial charge in [-0.05, 0) is 55.3 Å². The highest BCUT2D eigenvalue weighted by molar-refractivity contribution is 7.13. The maximum absolute atomic E-state index is 12.0. The molecule has 0 saturated heterocycles. The van der Waals surface area contributed by atoms with Crippen LogP contribution in [0.25, 0.3) is 0 Å². The minimum atomic E-state index is -0.541. The van der Waals surface area contributed by atoms with Gasteiger partial charge in [-0.15, -0.1) is 11.3 Å². The number of nitrogens with zero attached hydrogens (tertiary/aromatic N) is 1. The first-order chi connectivity index (χ1) is 13.1. The molecule has 3 bridgehead atoms. The van der Waals surface area contributed by atoms with Crippen molar-refractivity contribution < 1.29 is 19.5 Å². The summed E-state index contributed by atoms with van der Waals surface area (Å²) in [6, 6.07) is 0. The summed E-state index contributed by atoms with van der Waals surface area (Å²) in [6.45, 7) is 0.448. The van der Waals surface area contributed by atoms with Crippen molar-refractivity contribution in [2.24, 2.45) is 29.6 Å². The summed E-state index contributed by atoms with van der Waals surface area (Å²) in [5.74, 6) is 3.76. The van der Waals surface area contributed by atoms with Crippen LogP contribution in [0.4, 0.5) is 9.93 Å². The molecule has 7 nitrogen and oxygen atoms in total. The van der Waals surface area contributed by atoms with Gasteiger partial charge in [-0.3, -0.25) is 15.3 Å². The fourth-order valence-electron chi connectivity index (χ4n) is 5.71. The number of fused-ring (bicyclic) bond motifs is 2. The number of nitrogens with one attached hydrogen (secondary N) is 2. The molecule has 5 atom stereocenters. The van der Waals surface area contributed by atoms with Crippen LogP contribution in [0.3, 0.4) is 0 Å². The number of carbonyl (C=O) groups excluding carboxylic acids is 2. The van der Waals surface area contributed by atoms with Crippen molar-refractivity contribution in [1.29, 1.82) is 0 Å². The molecule has 1 heterocycles. The van der Waals surface area contributed by atoms with Gasteiger partial charge in [0.2, 0.25) is 5.91 Å². The van der Waals surface area contributed by atoms with E-state index >= 15 is 0 Å². The number of hydrogen-bond donors (Lipinski definition) is 3. The maximum atomic E-state index is 12.0. The number of anilines is 1. The van der Waals surface area contributed by atoms with Crippen LogP contribution >= 0.6 is 11.3 Å². The summed E-state index contributed by atoms with van der Waals surface area (Å²) >= 11 is 1.23. The van der Waals surface area contributed by atoms with Crippen molar-refractivity contribution in [3.05, 3.63) is 11.1 Å². The quantitative estimate of drug-likeness (QED) is 0.506. The van der Waals surface area contributed by atoms with E-state index in [1.165, 1.54) is 49.9 Å². The second-order valence-electron chi connectivity index (χ2n) is 8.25. The van der Waals surface area contributed by atoms with Gasteiger partial charge in [-0.1, -0.05) is 19.3 Å². The minimum absolute atomic E-state index is 0.0316. The molecule has 1 aromatic rings. The standard InChI is InChI=1S/C19H27N3O4S/c23-17(22-25)9-15-10-27-18(20-15)21-19(24)26-5-4-16-12-3-1-2-11-6-14(16)8-13(11)7-12/h10-14,16,25H,1-9H2,(H,22,23)(H,20,21,24). The monoisotopic (exact) mass is 393 g/mol. The van der Waals surface area contributed by atoms with Gasteiger partial charge >= 0.3 is 6.09 Å². The lowest BCUT2D eigenvalue weighted by molar-refractivity contribution is -0.128. The van der Waals surface area contributed by atoms with Crippen LogP contribution in [0.2, 0.25) is 0 Å². The second-order valence-corrected chi connectivity index (χ2v) is 9.11. The summed E-state index contributed by atoms with van der Waals surface area (Å²) in [7, 11) is 0. The Morgan fingerprint density at radius 2 is 1.96 bits per heavy atom. The summed E-state index contributed by atoms with van der Waals surface area (Å²) in [5, 5.41) is 13.2. The number of thiazole rings is 1. The fraction of sp³-hybridized carbons (Fsp3) is 0.737. The Hall–Kier alpha value is -1.67. The highest BCUT2D eigenvalue weighted by Crippen LogP contribution is 2.56. The van der Waals surface area contributed by atoms with Crippen molar-refractivity contribution in [1.82, 2.24) is 10.5 Å². The summed E-state index contributed by atoms with van der Waals surface area (Å²) in [6.07, 6.45) is 8.76. The molecule has 3 fully saturated rings. The van der Waals surface area contributed by atoms with Gasteiger partial charge < -0.3 is 4.74 Å². The van der Waals surface area contributed by atoms with Gasteiger partial charge in [-0.25, -0.2) is 15.3 Å². The molecule has 8 heteroatoms. The molecule has 27 heavy (non-hydrogen) atoms. The van der Waals surface area contributed by atoms with Gasteiger partial charge in [0.15, 0.2) is 5.13 Å². The first-order valence-electron chi connectivity index (χ1n) is 9.93. The molecule has 148 valence electrons. The van der Waals surface area contributed by atoms with Gasteiger partial charge in [0.25, 0.3) is 0 Å². The zero-order valence-electron chi connectivity index (χ0n) is 15.4. The van der Waals surface area contributed by atoms with Crippen LogP contribution in [-0.2, 0) is 16.0 Å². The van der Waals surface area contributed by atoms with E-state index in [1.807, 2.05) is 0 Å². The predicted molar refractivity (Wildman–Crippen MR) is 100 cm³/mol. The lowest BCUT2D eigenvalue weighted by atomic mass is 9.70. The van der Waals surface area contributed by atoms with Crippen molar-refractivity contribution in [2.75, 3.05) is 11.9 Å². The van der Waals surface area contributed by atoms with Crippen molar-refractivity contribution in [3.8, 4) is 0 Å². The molecule has 3 aliphatic carbocycles. The molecular formula is C19H27N3O4S. The van der Waals surface area contributed by atoms with Crippen LogP contribution in [0.5, 0.6) is 0 Å². The fourth-order valence-corrected chi connectivity index (χ4v) is 6.40. The number of aromatic nitrogens is 1. The van der Waals surface area contributed by atoms with E-state index in [0.717, 1.165) is 30.1 Å². The van der Waals surface area contributed by atoms with Gasteiger partial charge in [0, 0.05) is 5.38 Å². The van der Waals surface area contributed by atoms with Crippen LogP contribution in [-0.4, -0.2) is 28.8 Å². The Bertz CT molecular complexity index is 694.